The molecule has 96 valence electrons. The first-order valence-electron chi connectivity index (χ1n) is 5.93. The summed E-state index contributed by atoms with van der Waals surface area (Å²) in [5, 5.41) is 3.94. The summed E-state index contributed by atoms with van der Waals surface area (Å²) in [5.74, 6) is 1.09. The van der Waals surface area contributed by atoms with Crippen molar-refractivity contribution in [3.8, 4) is 0 Å². The molecule has 7 nitrogen and oxygen atoms in total. The average molecular weight is 241 g/mol. The number of nitrogens with zero attached hydrogens (tertiary/aromatic N) is 3. The Kier molecular flexibility index (Phi) is 4.29. The van der Waals surface area contributed by atoms with E-state index < -0.39 is 0 Å². The summed E-state index contributed by atoms with van der Waals surface area (Å²) in [6.07, 6.45) is 1.62. The molecule has 0 bridgehead atoms. The molecule has 1 fully saturated rings. The lowest BCUT2D eigenvalue weighted by molar-refractivity contribution is 0.121. The van der Waals surface area contributed by atoms with Crippen LogP contribution in [0.1, 0.15) is 24.8 Å². The number of anilines is 1. The largest absolute Gasteiger partial charge is 0.378 e. The van der Waals surface area contributed by atoms with Gasteiger partial charge < -0.3 is 25.6 Å². The number of hydrogen-bond donors (Lipinski definition) is 2. The number of ether oxygens (including phenoxy) is 1. The lowest BCUT2D eigenvalue weighted by Crippen LogP contribution is -2.36. The van der Waals surface area contributed by atoms with Crippen LogP contribution in [0.15, 0.2) is 4.52 Å². The maximum Gasteiger partial charge on any atom is 0.266 e. The average Bonchev–Trinajstić information content (AvgIpc) is 2.86. The Bertz CT molecular complexity index is 337. The van der Waals surface area contributed by atoms with Crippen LogP contribution in [-0.4, -0.2) is 43.0 Å². The third kappa shape index (κ3) is 3.15. The Labute approximate surface area is 100 Å². The molecular formula is C10H19N5O2. The molecule has 0 spiro atoms. The molecule has 1 atom stereocenters. The molecule has 0 unspecified atom stereocenters. The van der Waals surface area contributed by atoms with Crippen molar-refractivity contribution in [2.45, 2.75) is 18.9 Å². The van der Waals surface area contributed by atoms with E-state index in [1.165, 1.54) is 0 Å². The van der Waals surface area contributed by atoms with E-state index in [-0.39, 0.29) is 6.04 Å². The van der Waals surface area contributed by atoms with E-state index in [2.05, 4.69) is 10.1 Å². The first-order valence-corrected chi connectivity index (χ1v) is 5.93. The Morgan fingerprint density at radius 3 is 2.82 bits per heavy atom. The summed E-state index contributed by atoms with van der Waals surface area (Å²) in [4.78, 5) is 6.35. The summed E-state index contributed by atoms with van der Waals surface area (Å²) in [6, 6.07) is -0.221. The quantitative estimate of drug-likeness (QED) is 0.725. The summed E-state index contributed by atoms with van der Waals surface area (Å²) < 4.78 is 10.4. The molecule has 7 heteroatoms. The van der Waals surface area contributed by atoms with Crippen LogP contribution in [0.25, 0.3) is 0 Å². The van der Waals surface area contributed by atoms with E-state index in [1.807, 2.05) is 4.90 Å². The van der Waals surface area contributed by atoms with Gasteiger partial charge in [-0.3, -0.25) is 0 Å². The van der Waals surface area contributed by atoms with Crippen LogP contribution in [-0.2, 0) is 4.74 Å². The van der Waals surface area contributed by atoms with Crippen molar-refractivity contribution >= 4 is 5.95 Å². The van der Waals surface area contributed by atoms with E-state index in [4.69, 9.17) is 20.7 Å². The van der Waals surface area contributed by atoms with Crippen LogP contribution in [0, 0.1) is 0 Å². The summed E-state index contributed by atoms with van der Waals surface area (Å²) in [7, 11) is 0. The number of rotatable bonds is 5. The van der Waals surface area contributed by atoms with E-state index in [1.54, 1.807) is 0 Å². The first-order chi connectivity index (χ1) is 8.31. The second-order valence-corrected chi connectivity index (χ2v) is 4.07. The van der Waals surface area contributed by atoms with Gasteiger partial charge in [0.05, 0.1) is 19.3 Å². The highest BCUT2D eigenvalue weighted by atomic mass is 16.5. The van der Waals surface area contributed by atoms with Crippen molar-refractivity contribution in [3.05, 3.63) is 5.89 Å². The third-order valence-corrected chi connectivity index (χ3v) is 2.76. The topological polar surface area (TPSA) is 103 Å². The van der Waals surface area contributed by atoms with Gasteiger partial charge in [0.15, 0.2) is 0 Å². The fourth-order valence-corrected chi connectivity index (χ4v) is 1.73. The fourth-order valence-electron chi connectivity index (χ4n) is 1.73. The Morgan fingerprint density at radius 2 is 2.12 bits per heavy atom. The smallest absolute Gasteiger partial charge is 0.266 e. The van der Waals surface area contributed by atoms with E-state index in [0.717, 1.165) is 25.9 Å². The minimum Gasteiger partial charge on any atom is -0.378 e. The van der Waals surface area contributed by atoms with Gasteiger partial charge in [-0.25, -0.2) is 0 Å². The lowest BCUT2D eigenvalue weighted by atomic mass is 10.2. The third-order valence-electron chi connectivity index (χ3n) is 2.76. The molecule has 4 N–H and O–H groups in total. The molecule has 0 saturated carbocycles. The lowest BCUT2D eigenvalue weighted by Gasteiger charge is -2.24. The molecule has 0 radical (unpaired) electrons. The molecule has 0 aromatic carbocycles. The Balaban J connectivity index is 1.94. The van der Waals surface area contributed by atoms with Crippen LogP contribution >= 0.6 is 0 Å². The fraction of sp³-hybridized carbons (Fsp3) is 0.800. The highest BCUT2D eigenvalue weighted by Gasteiger charge is 2.19. The van der Waals surface area contributed by atoms with Gasteiger partial charge in [0, 0.05) is 13.1 Å². The van der Waals surface area contributed by atoms with Gasteiger partial charge >= 0.3 is 0 Å². The van der Waals surface area contributed by atoms with Crippen LogP contribution in [0.4, 0.5) is 5.95 Å². The molecule has 1 aromatic rings. The number of aromatic nitrogens is 2. The van der Waals surface area contributed by atoms with Gasteiger partial charge in [-0.1, -0.05) is 0 Å². The normalized spacial score (nSPS) is 18.4. The molecular weight excluding hydrogens is 222 g/mol. The standard InChI is InChI=1S/C10H19N5O2/c11-3-1-2-8(12)9-13-10(14-17-9)15-4-6-16-7-5-15/h8H,1-7,11-12H2/t8-/m0/s1. The molecule has 2 rings (SSSR count). The summed E-state index contributed by atoms with van der Waals surface area (Å²) in [5.41, 5.74) is 11.4. The van der Waals surface area contributed by atoms with Crippen molar-refractivity contribution in [3.63, 3.8) is 0 Å². The maximum absolute atomic E-state index is 5.93. The van der Waals surface area contributed by atoms with E-state index in [9.17, 15) is 0 Å². The van der Waals surface area contributed by atoms with Gasteiger partial charge in [0.1, 0.15) is 0 Å². The molecule has 2 heterocycles. The van der Waals surface area contributed by atoms with E-state index >= 15 is 0 Å². The predicted octanol–water partition coefficient (Wildman–Crippen LogP) is -0.355. The summed E-state index contributed by atoms with van der Waals surface area (Å²) in [6.45, 7) is 3.60. The zero-order chi connectivity index (χ0) is 12.1. The van der Waals surface area contributed by atoms with Crippen molar-refractivity contribution < 1.29 is 9.26 Å². The Hall–Kier alpha value is -1.18. The minimum absolute atomic E-state index is 0.221. The second kappa shape index (κ2) is 5.95. The number of morpholine rings is 1. The zero-order valence-electron chi connectivity index (χ0n) is 9.84. The minimum atomic E-state index is -0.221. The SMILES string of the molecule is NCCC[C@H](N)c1nc(N2CCOCC2)no1. The zero-order valence-corrected chi connectivity index (χ0v) is 9.84. The van der Waals surface area contributed by atoms with E-state index in [0.29, 0.717) is 31.6 Å². The molecule has 1 aliphatic rings. The highest BCUT2D eigenvalue weighted by Crippen LogP contribution is 2.17. The van der Waals surface area contributed by atoms with Crippen LogP contribution < -0.4 is 16.4 Å². The first kappa shape index (κ1) is 12.3. The molecule has 1 aliphatic heterocycles. The van der Waals surface area contributed by atoms with Gasteiger partial charge in [0.25, 0.3) is 5.95 Å². The molecule has 0 aliphatic carbocycles. The summed E-state index contributed by atoms with van der Waals surface area (Å²) >= 11 is 0. The van der Waals surface area contributed by atoms with Crippen molar-refractivity contribution in [2.24, 2.45) is 11.5 Å². The molecule has 0 amide bonds. The predicted molar refractivity (Wildman–Crippen MR) is 62.5 cm³/mol. The van der Waals surface area contributed by atoms with Crippen molar-refractivity contribution in [2.75, 3.05) is 37.7 Å². The maximum atomic E-state index is 5.93. The number of nitrogens with two attached hydrogens (primary N) is 2. The van der Waals surface area contributed by atoms with Crippen LogP contribution in [0.3, 0.4) is 0 Å². The van der Waals surface area contributed by atoms with Crippen molar-refractivity contribution in [1.82, 2.24) is 10.1 Å². The van der Waals surface area contributed by atoms with Crippen molar-refractivity contribution in [1.29, 1.82) is 0 Å². The second-order valence-electron chi connectivity index (χ2n) is 4.07. The van der Waals surface area contributed by atoms with Gasteiger partial charge in [-0.2, -0.15) is 4.98 Å². The Morgan fingerprint density at radius 1 is 1.35 bits per heavy atom. The molecule has 17 heavy (non-hydrogen) atoms. The highest BCUT2D eigenvalue weighted by molar-refractivity contribution is 5.28. The van der Waals surface area contributed by atoms with Gasteiger partial charge in [-0.15, -0.1) is 0 Å². The van der Waals surface area contributed by atoms with Gasteiger partial charge in [0.2, 0.25) is 5.89 Å². The molecule has 1 aromatic heterocycles. The van der Waals surface area contributed by atoms with Crippen LogP contribution in [0.2, 0.25) is 0 Å². The van der Waals surface area contributed by atoms with Crippen LogP contribution in [0.5, 0.6) is 0 Å². The molecule has 1 saturated heterocycles. The monoisotopic (exact) mass is 241 g/mol. The number of hydrogen-bond acceptors (Lipinski definition) is 7. The van der Waals surface area contributed by atoms with Gasteiger partial charge in [-0.05, 0) is 24.5 Å².